The van der Waals surface area contributed by atoms with Crippen LogP contribution in [0.4, 0.5) is 15.8 Å². The fraction of sp³-hybridized carbons (Fsp3) is 0.562. The third kappa shape index (κ3) is 2.50. The van der Waals surface area contributed by atoms with Gasteiger partial charge in [-0.2, -0.15) is 0 Å². The van der Waals surface area contributed by atoms with Crippen LogP contribution in [0, 0.1) is 5.92 Å². The molecule has 0 spiro atoms. The van der Waals surface area contributed by atoms with Gasteiger partial charge in [-0.15, -0.1) is 0 Å². The van der Waals surface area contributed by atoms with Crippen molar-refractivity contribution in [3.05, 3.63) is 24.3 Å². The third-order valence-electron chi connectivity index (χ3n) is 4.40. The molecule has 1 aromatic carbocycles. The number of nitrogens with zero attached hydrogens (tertiary/aromatic N) is 2. The Kier molecular flexibility index (Phi) is 3.61. The number of hydrogen-bond donors (Lipinski definition) is 1. The van der Waals surface area contributed by atoms with Crippen molar-refractivity contribution in [1.82, 2.24) is 5.32 Å². The molecule has 1 saturated heterocycles. The zero-order valence-electron chi connectivity index (χ0n) is 12.6. The van der Waals surface area contributed by atoms with Crippen molar-refractivity contribution < 1.29 is 9.18 Å². The Bertz CT molecular complexity index is 542. The lowest BCUT2D eigenvalue weighted by Gasteiger charge is -2.29. The maximum atomic E-state index is 14.9. The molecule has 1 fully saturated rings. The molecule has 0 unspecified atom stereocenters. The van der Waals surface area contributed by atoms with Gasteiger partial charge < -0.3 is 15.1 Å². The highest BCUT2D eigenvalue weighted by Gasteiger charge is 2.45. The second-order valence-electron chi connectivity index (χ2n) is 6.28. The summed E-state index contributed by atoms with van der Waals surface area (Å²) in [5, 5.41) is 2.96. The molecule has 2 atom stereocenters. The first kappa shape index (κ1) is 14.3. The van der Waals surface area contributed by atoms with Crippen molar-refractivity contribution in [3.8, 4) is 0 Å². The van der Waals surface area contributed by atoms with E-state index in [1.807, 2.05) is 31.3 Å². The first-order valence-electron chi connectivity index (χ1n) is 7.53. The summed E-state index contributed by atoms with van der Waals surface area (Å²) in [4.78, 5) is 16.6. The molecule has 4 nitrogen and oxygen atoms in total. The number of fused-ring (bicyclic) bond motifs is 1. The number of nitrogens with one attached hydrogen (secondary N) is 1. The molecule has 1 aromatic rings. The van der Waals surface area contributed by atoms with Gasteiger partial charge in [0.2, 0.25) is 5.67 Å². The summed E-state index contributed by atoms with van der Waals surface area (Å²) < 4.78 is 14.9. The number of carbonyl (C=O) groups excluding carboxylic acids is 1. The van der Waals surface area contributed by atoms with Gasteiger partial charge in [-0.25, -0.2) is 4.39 Å². The van der Waals surface area contributed by atoms with Crippen LogP contribution in [-0.2, 0) is 4.79 Å². The average molecular weight is 291 g/mol. The SMILES string of the molecule is C[C@@H]1CN(C)c2ccccc2N(C(=O)[C@@]2(F)CCNC2)C1. The summed E-state index contributed by atoms with van der Waals surface area (Å²) in [6, 6.07) is 7.76. The van der Waals surface area contributed by atoms with Gasteiger partial charge in [0.25, 0.3) is 5.91 Å². The van der Waals surface area contributed by atoms with Gasteiger partial charge in [0, 0.05) is 33.1 Å². The van der Waals surface area contributed by atoms with E-state index in [0.29, 0.717) is 19.0 Å². The van der Waals surface area contributed by atoms with E-state index in [1.54, 1.807) is 4.90 Å². The van der Waals surface area contributed by atoms with Gasteiger partial charge >= 0.3 is 0 Å². The molecule has 2 heterocycles. The average Bonchev–Trinajstić information content (AvgIpc) is 2.87. The molecule has 5 heteroatoms. The molecule has 21 heavy (non-hydrogen) atoms. The van der Waals surface area contributed by atoms with Crippen LogP contribution in [0.2, 0.25) is 0 Å². The number of halogens is 1. The molecule has 2 aliphatic rings. The van der Waals surface area contributed by atoms with Crippen LogP contribution >= 0.6 is 0 Å². The molecule has 2 aliphatic heterocycles. The number of benzene rings is 1. The summed E-state index contributed by atoms with van der Waals surface area (Å²) in [6.45, 7) is 4.20. The van der Waals surface area contributed by atoms with E-state index >= 15 is 0 Å². The number of hydrogen-bond acceptors (Lipinski definition) is 3. The molecule has 0 aromatic heterocycles. The van der Waals surface area contributed by atoms with E-state index in [4.69, 9.17) is 0 Å². The van der Waals surface area contributed by atoms with Crippen molar-refractivity contribution in [3.63, 3.8) is 0 Å². The molecule has 0 saturated carbocycles. The van der Waals surface area contributed by atoms with Crippen molar-refractivity contribution in [1.29, 1.82) is 0 Å². The second kappa shape index (κ2) is 5.30. The zero-order chi connectivity index (χ0) is 15.0. The van der Waals surface area contributed by atoms with E-state index < -0.39 is 11.6 Å². The number of para-hydroxylation sites is 2. The van der Waals surface area contributed by atoms with Gasteiger partial charge in [-0.3, -0.25) is 4.79 Å². The number of carbonyl (C=O) groups is 1. The lowest BCUT2D eigenvalue weighted by molar-refractivity contribution is -0.129. The normalized spacial score (nSPS) is 29.2. The summed E-state index contributed by atoms with van der Waals surface area (Å²) in [5.41, 5.74) is 0.0402. The Morgan fingerprint density at radius 3 is 2.71 bits per heavy atom. The van der Waals surface area contributed by atoms with Crippen molar-refractivity contribution in [2.45, 2.75) is 19.0 Å². The Labute approximate surface area is 124 Å². The van der Waals surface area contributed by atoms with Gasteiger partial charge in [-0.05, 0) is 24.6 Å². The summed E-state index contributed by atoms with van der Waals surface area (Å²) in [6.07, 6.45) is 0.259. The van der Waals surface area contributed by atoms with Crippen LogP contribution in [0.15, 0.2) is 24.3 Å². The first-order chi connectivity index (χ1) is 10.0. The number of amides is 1. The highest BCUT2D eigenvalue weighted by Crippen LogP contribution is 2.35. The summed E-state index contributed by atoms with van der Waals surface area (Å²) >= 11 is 0. The molecule has 0 radical (unpaired) electrons. The van der Waals surface area contributed by atoms with Crippen molar-refractivity contribution in [2.75, 3.05) is 43.0 Å². The van der Waals surface area contributed by atoms with Crippen molar-refractivity contribution >= 4 is 17.3 Å². The fourth-order valence-corrected chi connectivity index (χ4v) is 3.33. The predicted molar refractivity (Wildman–Crippen MR) is 82.6 cm³/mol. The quantitative estimate of drug-likeness (QED) is 0.857. The van der Waals surface area contributed by atoms with E-state index in [2.05, 4.69) is 17.1 Å². The first-order valence-corrected chi connectivity index (χ1v) is 7.53. The van der Waals surface area contributed by atoms with E-state index in [1.165, 1.54) is 0 Å². The minimum Gasteiger partial charge on any atom is -0.373 e. The van der Waals surface area contributed by atoms with Crippen LogP contribution in [0.5, 0.6) is 0 Å². The van der Waals surface area contributed by atoms with Gasteiger partial charge in [0.15, 0.2) is 0 Å². The maximum absolute atomic E-state index is 14.9. The van der Waals surface area contributed by atoms with Crippen molar-refractivity contribution in [2.24, 2.45) is 5.92 Å². The minimum absolute atomic E-state index is 0.120. The topological polar surface area (TPSA) is 35.6 Å². The van der Waals surface area contributed by atoms with Gasteiger partial charge in [0.05, 0.1) is 11.4 Å². The molecular formula is C16H22FN3O. The predicted octanol–water partition coefficient (Wildman–Crippen LogP) is 1.81. The highest BCUT2D eigenvalue weighted by molar-refractivity contribution is 6.02. The maximum Gasteiger partial charge on any atom is 0.266 e. The smallest absolute Gasteiger partial charge is 0.266 e. The van der Waals surface area contributed by atoms with E-state index in [9.17, 15) is 9.18 Å². The molecule has 1 N–H and O–H groups in total. The lowest BCUT2D eigenvalue weighted by atomic mass is 10.0. The highest BCUT2D eigenvalue weighted by atomic mass is 19.1. The lowest BCUT2D eigenvalue weighted by Crippen LogP contribution is -2.49. The standard InChI is InChI=1S/C16H22FN3O/c1-12-9-19(2)13-5-3-4-6-14(13)20(10-12)15(21)16(17)7-8-18-11-16/h3-6,12,18H,7-11H2,1-2H3/t12-,16-/m1/s1. The zero-order valence-corrected chi connectivity index (χ0v) is 12.6. The number of anilines is 2. The Morgan fingerprint density at radius 1 is 1.33 bits per heavy atom. The number of alkyl halides is 1. The molecule has 0 aliphatic carbocycles. The molecular weight excluding hydrogens is 269 g/mol. The van der Waals surface area contributed by atoms with Crippen LogP contribution < -0.4 is 15.1 Å². The van der Waals surface area contributed by atoms with E-state index in [0.717, 1.165) is 17.9 Å². The largest absolute Gasteiger partial charge is 0.373 e. The third-order valence-corrected chi connectivity index (χ3v) is 4.40. The molecule has 3 rings (SSSR count). The van der Waals surface area contributed by atoms with Gasteiger partial charge in [-0.1, -0.05) is 19.1 Å². The molecule has 0 bridgehead atoms. The Balaban J connectivity index is 2.00. The minimum atomic E-state index is -1.77. The summed E-state index contributed by atoms with van der Waals surface area (Å²) in [5.74, 6) is -0.105. The van der Waals surface area contributed by atoms with Crippen LogP contribution in [-0.4, -0.2) is 44.8 Å². The van der Waals surface area contributed by atoms with E-state index in [-0.39, 0.29) is 13.0 Å². The Hall–Kier alpha value is -1.62. The van der Waals surface area contributed by atoms with Crippen LogP contribution in [0.1, 0.15) is 13.3 Å². The van der Waals surface area contributed by atoms with Crippen LogP contribution in [0.25, 0.3) is 0 Å². The molecule has 114 valence electrons. The number of rotatable bonds is 1. The van der Waals surface area contributed by atoms with Crippen LogP contribution in [0.3, 0.4) is 0 Å². The Morgan fingerprint density at radius 2 is 2.05 bits per heavy atom. The van der Waals surface area contributed by atoms with Gasteiger partial charge in [0.1, 0.15) is 0 Å². The monoisotopic (exact) mass is 291 g/mol. The second-order valence-corrected chi connectivity index (χ2v) is 6.28. The fourth-order valence-electron chi connectivity index (χ4n) is 3.33. The molecule has 1 amide bonds. The summed E-state index contributed by atoms with van der Waals surface area (Å²) in [7, 11) is 2.02.